The molecule has 560 valence electrons. The molecule has 0 aromatic carbocycles. The van der Waals surface area contributed by atoms with Crippen LogP contribution in [0.1, 0.15) is 316 Å². The first-order valence-electron chi connectivity index (χ1n) is 38.2. The maximum absolute atomic E-state index is 12.9. The molecular formula is C79H138O16P2. The van der Waals surface area contributed by atoms with Gasteiger partial charge in [0.1, 0.15) is 25.4 Å². The van der Waals surface area contributed by atoms with Gasteiger partial charge in [0, 0.05) is 19.3 Å². The van der Waals surface area contributed by atoms with Gasteiger partial charge in [-0.2, -0.15) is 0 Å². The van der Waals surface area contributed by atoms with E-state index in [1.165, 1.54) is 116 Å². The van der Waals surface area contributed by atoms with Crippen molar-refractivity contribution in [3.05, 3.63) is 109 Å². The van der Waals surface area contributed by atoms with E-state index >= 15 is 0 Å². The summed E-state index contributed by atoms with van der Waals surface area (Å²) in [6, 6.07) is 0. The lowest BCUT2D eigenvalue weighted by atomic mass is 10.0. The predicted molar refractivity (Wildman–Crippen MR) is 399 cm³/mol. The van der Waals surface area contributed by atoms with Gasteiger partial charge in [-0.25, -0.2) is 9.13 Å². The molecule has 97 heavy (non-hydrogen) atoms. The van der Waals surface area contributed by atoms with Crippen LogP contribution in [-0.4, -0.2) is 95.9 Å². The third-order valence-corrected chi connectivity index (χ3v) is 17.9. The Morgan fingerprint density at radius 2 is 0.546 bits per heavy atom. The van der Waals surface area contributed by atoms with Crippen LogP contribution in [0.2, 0.25) is 0 Å². The molecule has 0 saturated carbocycles. The van der Waals surface area contributed by atoms with Gasteiger partial charge in [-0.15, -0.1) is 0 Å². The average Bonchev–Trinajstić information content (AvgIpc) is 1.49. The normalized spacial score (nSPS) is 14.7. The predicted octanol–water partition coefficient (Wildman–Crippen LogP) is 22.0. The first-order chi connectivity index (χ1) is 47.2. The first-order valence-corrected chi connectivity index (χ1v) is 41.2. The molecule has 0 amide bonds. The summed E-state index contributed by atoms with van der Waals surface area (Å²) in [6.45, 7) is 2.42. The minimum Gasteiger partial charge on any atom is -0.463 e. The molecule has 0 heterocycles. The Bertz CT molecular complexity index is 2200. The molecule has 5 unspecified atom stereocenters. The molecule has 0 spiro atoms. The molecule has 0 bridgehead atoms. The highest BCUT2D eigenvalue weighted by Gasteiger charge is 2.29. The number of phosphoric ester groups is 2. The summed E-state index contributed by atoms with van der Waals surface area (Å²) in [5.74, 6) is -1.60. The van der Waals surface area contributed by atoms with E-state index in [1.807, 2.05) is 0 Å². The van der Waals surface area contributed by atoms with Gasteiger partial charge in [0.2, 0.25) is 0 Å². The van der Waals surface area contributed by atoms with Crippen molar-refractivity contribution in [1.29, 1.82) is 0 Å². The van der Waals surface area contributed by atoms with Gasteiger partial charge in [0.15, 0.2) is 6.10 Å². The van der Waals surface area contributed by atoms with E-state index in [9.17, 15) is 43.5 Å². The Kier molecular flexibility index (Phi) is 69.2. The number of ether oxygens (including phenoxy) is 3. The van der Waals surface area contributed by atoms with Crippen LogP contribution in [0.15, 0.2) is 109 Å². The number of rotatable bonds is 72. The molecular weight excluding hydrogens is 1270 g/mol. The highest BCUT2D eigenvalue weighted by molar-refractivity contribution is 7.47. The lowest BCUT2D eigenvalue weighted by Gasteiger charge is -2.21. The van der Waals surface area contributed by atoms with Gasteiger partial charge in [-0.05, 0) is 122 Å². The molecule has 0 aromatic heterocycles. The molecule has 5 atom stereocenters. The van der Waals surface area contributed by atoms with Crippen LogP contribution < -0.4 is 0 Å². The van der Waals surface area contributed by atoms with E-state index in [0.29, 0.717) is 19.3 Å². The summed E-state index contributed by atoms with van der Waals surface area (Å²) in [5.41, 5.74) is 0. The zero-order chi connectivity index (χ0) is 70.9. The summed E-state index contributed by atoms with van der Waals surface area (Å²) in [4.78, 5) is 58.4. The lowest BCUT2D eigenvalue weighted by molar-refractivity contribution is -0.161. The monoisotopic (exact) mass is 1400 g/mol. The van der Waals surface area contributed by atoms with Crippen molar-refractivity contribution >= 4 is 33.6 Å². The van der Waals surface area contributed by atoms with Crippen molar-refractivity contribution in [1.82, 2.24) is 0 Å². The number of hydrogen-bond acceptors (Lipinski definition) is 14. The fraction of sp³-hybridized carbons (Fsp3) is 0.734. The van der Waals surface area contributed by atoms with Crippen molar-refractivity contribution in [2.45, 2.75) is 334 Å². The van der Waals surface area contributed by atoms with Crippen molar-refractivity contribution < 1.29 is 75.8 Å². The van der Waals surface area contributed by atoms with Gasteiger partial charge in [-0.1, -0.05) is 284 Å². The zero-order valence-corrected chi connectivity index (χ0v) is 62.8. The quantitative estimate of drug-likeness (QED) is 0.0146. The molecule has 18 heteroatoms. The number of allylic oxidation sites excluding steroid dienone is 18. The van der Waals surface area contributed by atoms with E-state index < -0.39 is 91.5 Å². The summed E-state index contributed by atoms with van der Waals surface area (Å²) in [7, 11) is -9.78. The lowest BCUT2D eigenvalue weighted by Crippen LogP contribution is -2.30. The number of phosphoric acid groups is 2. The Labute approximate surface area is 590 Å². The average molecular weight is 1410 g/mol. The van der Waals surface area contributed by atoms with Crippen LogP contribution in [0.25, 0.3) is 0 Å². The van der Waals surface area contributed by atoms with Crippen LogP contribution in [-0.2, 0) is 55.8 Å². The van der Waals surface area contributed by atoms with Gasteiger partial charge in [-0.3, -0.25) is 32.5 Å². The van der Waals surface area contributed by atoms with E-state index in [0.717, 1.165) is 141 Å². The van der Waals surface area contributed by atoms with Crippen LogP contribution in [0.5, 0.6) is 0 Å². The molecule has 0 aliphatic rings. The Morgan fingerprint density at radius 1 is 0.299 bits per heavy atom. The molecule has 0 rings (SSSR count). The Balaban J connectivity index is 4.36. The number of esters is 3. The van der Waals surface area contributed by atoms with E-state index in [1.54, 1.807) is 0 Å². The number of carbonyl (C=O) groups excluding carboxylic acids is 3. The highest BCUT2D eigenvalue weighted by atomic mass is 31.2. The van der Waals surface area contributed by atoms with Crippen molar-refractivity contribution in [3.63, 3.8) is 0 Å². The maximum atomic E-state index is 12.9. The smallest absolute Gasteiger partial charge is 0.463 e. The summed E-state index contributed by atoms with van der Waals surface area (Å²) in [5, 5.41) is 20.6. The van der Waals surface area contributed by atoms with Crippen LogP contribution in [0.4, 0.5) is 0 Å². The number of aliphatic hydroxyl groups is 2. The fourth-order valence-corrected chi connectivity index (χ4v) is 11.8. The van der Waals surface area contributed by atoms with Gasteiger partial charge in [0.05, 0.1) is 26.4 Å². The second-order valence-electron chi connectivity index (χ2n) is 25.4. The second kappa shape index (κ2) is 72.0. The van der Waals surface area contributed by atoms with E-state index in [4.69, 9.17) is 32.3 Å². The zero-order valence-electron chi connectivity index (χ0n) is 61.0. The van der Waals surface area contributed by atoms with Crippen molar-refractivity contribution in [2.75, 3.05) is 39.6 Å². The van der Waals surface area contributed by atoms with Crippen molar-refractivity contribution in [2.24, 2.45) is 0 Å². The number of hydrogen-bond donors (Lipinski definition) is 4. The molecule has 16 nitrogen and oxygen atoms in total. The summed E-state index contributed by atoms with van der Waals surface area (Å²) < 4.78 is 61.0. The van der Waals surface area contributed by atoms with Crippen LogP contribution in [0, 0.1) is 0 Å². The third kappa shape index (κ3) is 73.3. The number of carbonyl (C=O) groups is 3. The Hall–Kier alpha value is -3.79. The SMILES string of the molecule is CC/C=C\C/C=C\C/C=C\C/C=C\C/C=C\CCCCCCCCCCCCCCCCCCCC(=O)OCC(O)COP(=O)(O)OCC(O)COP(=O)(O)OCC(COC(=O)CCCCCCC/C=C\C/C=C\C/C=C\CC)OC(=O)CCCCCCC/C=C\CCCCCC. The van der Waals surface area contributed by atoms with Gasteiger partial charge in [0.25, 0.3) is 0 Å². The first kappa shape index (κ1) is 93.2. The second-order valence-corrected chi connectivity index (χ2v) is 28.3. The molecule has 0 aromatic rings. The maximum Gasteiger partial charge on any atom is 0.472 e. The largest absolute Gasteiger partial charge is 0.472 e. The molecule has 4 N–H and O–H groups in total. The number of unbranched alkanes of at least 4 members (excludes halogenated alkanes) is 31. The van der Waals surface area contributed by atoms with Crippen LogP contribution in [0.3, 0.4) is 0 Å². The highest BCUT2D eigenvalue weighted by Crippen LogP contribution is 2.45. The third-order valence-electron chi connectivity index (χ3n) is 16.0. The van der Waals surface area contributed by atoms with Gasteiger partial charge >= 0.3 is 33.6 Å². The summed E-state index contributed by atoms with van der Waals surface area (Å²) >= 11 is 0. The molecule has 0 radical (unpaired) electrons. The van der Waals surface area contributed by atoms with Gasteiger partial charge < -0.3 is 34.2 Å². The molecule has 0 fully saturated rings. The van der Waals surface area contributed by atoms with E-state index in [-0.39, 0.29) is 19.3 Å². The van der Waals surface area contributed by atoms with Crippen LogP contribution >= 0.6 is 15.6 Å². The standard InChI is InChI=1S/C79H138O16P2/c1-4-7-10-13-16-19-22-25-27-28-29-30-31-32-33-34-35-36-37-38-39-40-41-42-43-44-46-49-50-53-56-59-62-65-77(82)89-68-74(80)69-91-96(85,86)92-70-75(81)71-93-97(87,88)94-73-76(95-79(84)67-64-61-58-55-52-47-24-21-18-15-12-9-6-3)72-90-78(83)66-63-60-57-54-51-48-45-26-23-20-17-14-11-8-5-2/h7-8,10-11,16-17,19-21,24-27,29-30,32-33,45,74-76,80-81H,4-6,9,12-15,18,22-23,28,31,34-44,46-73H2,1-3H3,(H,85,86)(H,87,88)/b10-7-,11-8-,19-16-,20-17-,24-21-,27-25-,30-29-,33-32-,45-26-. The summed E-state index contributed by atoms with van der Waals surface area (Å²) in [6.07, 6.45) is 83.1. The molecule has 0 aliphatic carbocycles. The fourth-order valence-electron chi connectivity index (χ4n) is 10.2. The number of aliphatic hydroxyl groups excluding tert-OH is 2. The minimum absolute atomic E-state index is 0.0908. The van der Waals surface area contributed by atoms with Crippen molar-refractivity contribution in [3.8, 4) is 0 Å². The molecule has 0 saturated heterocycles. The van der Waals surface area contributed by atoms with E-state index in [2.05, 4.69) is 130 Å². The topological polar surface area (TPSA) is 231 Å². The Morgan fingerprint density at radius 3 is 0.876 bits per heavy atom. The minimum atomic E-state index is -4.93. The molecule has 0 aliphatic heterocycles.